The summed E-state index contributed by atoms with van der Waals surface area (Å²) in [6.07, 6.45) is 10.1. The first kappa shape index (κ1) is 35.8. The number of fused-ring (bicyclic) bond motifs is 1. The number of carbonyl (C=O) groups excluding carboxylic acids is 1. The second kappa shape index (κ2) is 16.3. The van der Waals surface area contributed by atoms with Crippen LogP contribution in [-0.2, 0) is 28.1 Å². The van der Waals surface area contributed by atoms with E-state index in [2.05, 4.69) is 28.8 Å². The van der Waals surface area contributed by atoms with Gasteiger partial charge < -0.3 is 24.5 Å². The molecule has 1 aliphatic carbocycles. The molecule has 5 rings (SSSR count). The number of hydrogen-bond acceptors (Lipinski definition) is 11. The van der Waals surface area contributed by atoms with Crippen LogP contribution in [0.1, 0.15) is 72.1 Å². The SMILES string of the molecule is CCCC(CCC)COC(=O)[C@H](C)C[P@](=O)(OCC1(COC2CCCCO2)C/C1=C/n1cnc2c(=O)[nH]c(N)nc21)Oc1ccccc1. The minimum atomic E-state index is -3.89. The Morgan fingerprint density at radius 3 is 2.69 bits per heavy atom. The molecule has 0 amide bonds. The number of anilines is 1. The zero-order chi connectivity index (χ0) is 34.1. The average Bonchev–Trinajstić information content (AvgIpc) is 3.61. The van der Waals surface area contributed by atoms with Gasteiger partial charge in [0.1, 0.15) is 12.1 Å². The zero-order valence-corrected chi connectivity index (χ0v) is 29.0. The number of nitrogen functional groups attached to an aromatic ring is 1. The first-order valence-corrected chi connectivity index (χ1v) is 18.7. The Morgan fingerprint density at radius 1 is 1.21 bits per heavy atom. The molecule has 2 fully saturated rings. The van der Waals surface area contributed by atoms with Crippen LogP contribution in [0.4, 0.5) is 5.95 Å². The summed E-state index contributed by atoms with van der Waals surface area (Å²) in [6, 6.07) is 8.79. The number of carbonyl (C=O) groups is 1. The van der Waals surface area contributed by atoms with Gasteiger partial charge in [-0.1, -0.05) is 51.8 Å². The van der Waals surface area contributed by atoms with E-state index in [4.69, 9.17) is 29.0 Å². The minimum absolute atomic E-state index is 0.00468. The summed E-state index contributed by atoms with van der Waals surface area (Å²) in [4.78, 5) is 36.4. The molecule has 3 N–H and O–H groups in total. The molecule has 1 aliphatic heterocycles. The van der Waals surface area contributed by atoms with Crippen molar-refractivity contribution in [1.29, 1.82) is 0 Å². The first-order chi connectivity index (χ1) is 23.1. The third-order valence-electron chi connectivity index (χ3n) is 8.79. The summed E-state index contributed by atoms with van der Waals surface area (Å²) in [7, 11) is -3.89. The van der Waals surface area contributed by atoms with Crippen LogP contribution in [0.3, 0.4) is 0 Å². The van der Waals surface area contributed by atoms with Crippen molar-refractivity contribution in [3.63, 3.8) is 0 Å². The lowest BCUT2D eigenvalue weighted by molar-refractivity contribution is -0.171. The van der Waals surface area contributed by atoms with Crippen molar-refractivity contribution in [2.75, 3.05) is 38.3 Å². The molecule has 4 atom stereocenters. The lowest BCUT2D eigenvalue weighted by atomic mass is 9.99. The highest BCUT2D eigenvalue weighted by atomic mass is 31.2. The van der Waals surface area contributed by atoms with E-state index in [1.54, 1.807) is 35.8 Å². The van der Waals surface area contributed by atoms with Gasteiger partial charge in [-0.2, -0.15) is 4.98 Å². The predicted molar refractivity (Wildman–Crippen MR) is 182 cm³/mol. The lowest BCUT2D eigenvalue weighted by Crippen LogP contribution is -2.28. The number of hydrogen-bond donors (Lipinski definition) is 2. The summed E-state index contributed by atoms with van der Waals surface area (Å²) in [6.45, 7) is 7.13. The van der Waals surface area contributed by atoms with Crippen LogP contribution in [0.5, 0.6) is 5.75 Å². The molecule has 0 radical (unpaired) electrons. The molecule has 0 bridgehead atoms. The molecule has 14 heteroatoms. The first-order valence-electron chi connectivity index (χ1n) is 16.9. The third kappa shape index (κ3) is 9.34. The van der Waals surface area contributed by atoms with E-state index in [0.717, 1.165) is 50.5 Å². The summed E-state index contributed by atoms with van der Waals surface area (Å²) in [5.74, 6) is -0.508. The Labute approximate surface area is 281 Å². The predicted octanol–water partition coefficient (Wildman–Crippen LogP) is 6.16. The molecule has 2 aromatic heterocycles. The molecule has 1 saturated carbocycles. The van der Waals surface area contributed by atoms with Crippen LogP contribution in [0.15, 0.2) is 47.0 Å². The normalized spacial score (nSPS) is 22.1. The second-order valence-corrected chi connectivity index (χ2v) is 15.0. The molecule has 1 saturated heterocycles. The molecule has 0 spiro atoms. The van der Waals surface area contributed by atoms with E-state index in [1.807, 2.05) is 12.3 Å². The summed E-state index contributed by atoms with van der Waals surface area (Å²) in [5.41, 5.74) is 6.08. The standard InChI is InChI=1S/C34H48N5O8P/c1-4-11-25(12-5-2)19-44-32(41)24(3)20-48(42,47-27-13-7-6-8-14-27)46-22-34(21-45-28-15-9-10-16-43-28)17-26(34)18-39-23-36-29-30(39)37-33(35)38-31(29)40/h6-8,13-14,18,23-25,28H,4-5,9-12,15-17,19-22H2,1-3H3,(H3,35,37,38,40)/b26-18-/t24-,28?,34?,48+/m1/s1. The van der Waals surface area contributed by atoms with Gasteiger partial charge in [-0.05, 0) is 62.1 Å². The van der Waals surface area contributed by atoms with Gasteiger partial charge in [0.05, 0.1) is 31.9 Å². The van der Waals surface area contributed by atoms with Gasteiger partial charge in [0, 0.05) is 18.2 Å². The maximum Gasteiger partial charge on any atom is 0.380 e. The molecular weight excluding hydrogens is 637 g/mol. The number of aromatic amines is 1. The zero-order valence-electron chi connectivity index (χ0n) is 28.1. The second-order valence-electron chi connectivity index (χ2n) is 12.9. The highest BCUT2D eigenvalue weighted by Gasteiger charge is 2.52. The minimum Gasteiger partial charge on any atom is -0.465 e. The number of H-pyrrole nitrogens is 1. The fraction of sp³-hybridized carbons (Fsp3) is 0.588. The molecule has 1 aromatic carbocycles. The number of esters is 1. The lowest BCUT2D eigenvalue weighted by Gasteiger charge is -2.27. The summed E-state index contributed by atoms with van der Waals surface area (Å²) < 4.78 is 46.1. The number of rotatable bonds is 18. The molecule has 262 valence electrons. The number of nitrogens with two attached hydrogens (primary N) is 1. The van der Waals surface area contributed by atoms with Crippen LogP contribution in [0.25, 0.3) is 17.4 Å². The quantitative estimate of drug-likeness (QED) is 0.116. The van der Waals surface area contributed by atoms with Crippen LogP contribution < -0.4 is 15.8 Å². The van der Waals surface area contributed by atoms with Crippen LogP contribution in [-0.4, -0.2) is 64.4 Å². The molecule has 48 heavy (non-hydrogen) atoms. The fourth-order valence-corrected chi connectivity index (χ4v) is 7.93. The molecule has 2 aliphatic rings. The van der Waals surface area contributed by atoms with Gasteiger partial charge in [0.25, 0.3) is 5.56 Å². The third-order valence-corrected chi connectivity index (χ3v) is 10.8. The van der Waals surface area contributed by atoms with Crippen molar-refractivity contribution >= 4 is 36.9 Å². The van der Waals surface area contributed by atoms with E-state index in [-0.39, 0.29) is 37.1 Å². The Morgan fingerprint density at radius 2 is 1.98 bits per heavy atom. The largest absolute Gasteiger partial charge is 0.465 e. The van der Waals surface area contributed by atoms with Gasteiger partial charge >= 0.3 is 13.6 Å². The average molecular weight is 686 g/mol. The van der Waals surface area contributed by atoms with Gasteiger partial charge in [-0.25, -0.2) is 9.55 Å². The van der Waals surface area contributed by atoms with Crippen LogP contribution >= 0.6 is 7.60 Å². The highest BCUT2D eigenvalue weighted by Crippen LogP contribution is 2.58. The van der Waals surface area contributed by atoms with Crippen molar-refractivity contribution in [2.24, 2.45) is 17.3 Å². The number of nitrogens with zero attached hydrogens (tertiary/aromatic N) is 3. The van der Waals surface area contributed by atoms with Gasteiger partial charge in [-0.15, -0.1) is 0 Å². The number of aromatic nitrogens is 4. The van der Waals surface area contributed by atoms with Crippen molar-refractivity contribution in [3.05, 3.63) is 52.6 Å². The Hall–Kier alpha value is -3.51. The van der Waals surface area contributed by atoms with Crippen molar-refractivity contribution in [3.8, 4) is 5.75 Å². The molecule has 3 heterocycles. The molecule has 2 unspecified atom stereocenters. The van der Waals surface area contributed by atoms with E-state index < -0.39 is 30.5 Å². The van der Waals surface area contributed by atoms with Crippen molar-refractivity contribution < 1.29 is 32.6 Å². The number of para-hydroxylation sites is 1. The van der Waals surface area contributed by atoms with Gasteiger partial charge in [0.2, 0.25) is 5.95 Å². The smallest absolute Gasteiger partial charge is 0.380 e. The van der Waals surface area contributed by atoms with Gasteiger partial charge in [-0.3, -0.25) is 23.7 Å². The Kier molecular flexibility index (Phi) is 12.1. The number of imidazole rings is 1. The number of benzene rings is 1. The number of nitrogens with one attached hydrogen (secondary N) is 1. The molecule has 13 nitrogen and oxygen atoms in total. The number of ether oxygens (including phenoxy) is 3. The van der Waals surface area contributed by atoms with Crippen LogP contribution in [0, 0.1) is 17.3 Å². The Balaban J connectivity index is 1.35. The topological polar surface area (TPSA) is 170 Å². The highest BCUT2D eigenvalue weighted by molar-refractivity contribution is 7.54. The van der Waals surface area contributed by atoms with Crippen LogP contribution in [0.2, 0.25) is 0 Å². The van der Waals surface area contributed by atoms with Crippen molar-refractivity contribution in [1.82, 2.24) is 19.5 Å². The van der Waals surface area contributed by atoms with Crippen molar-refractivity contribution in [2.45, 2.75) is 78.4 Å². The molecule has 3 aromatic rings. The van der Waals surface area contributed by atoms with Gasteiger partial charge in [0.15, 0.2) is 17.5 Å². The van der Waals surface area contributed by atoms with E-state index >= 15 is 0 Å². The van der Waals surface area contributed by atoms with E-state index in [9.17, 15) is 14.2 Å². The monoisotopic (exact) mass is 685 g/mol. The van der Waals surface area contributed by atoms with E-state index in [0.29, 0.717) is 36.9 Å². The maximum atomic E-state index is 14.5. The fourth-order valence-electron chi connectivity index (χ4n) is 5.99. The van der Waals surface area contributed by atoms with E-state index in [1.165, 1.54) is 6.33 Å². The summed E-state index contributed by atoms with van der Waals surface area (Å²) >= 11 is 0. The Bertz CT molecular complexity index is 1650. The molecular formula is C34H48N5O8P. The summed E-state index contributed by atoms with van der Waals surface area (Å²) in [5, 5.41) is 0. The maximum absolute atomic E-state index is 14.5.